The number of hydrogen-bond acceptors (Lipinski definition) is 3. The second kappa shape index (κ2) is 5.56. The van der Waals surface area contributed by atoms with E-state index in [1.165, 1.54) is 0 Å². The summed E-state index contributed by atoms with van der Waals surface area (Å²) < 4.78 is 5.26. The molecule has 0 saturated carbocycles. The summed E-state index contributed by atoms with van der Waals surface area (Å²) >= 11 is 0. The number of carbonyl (C=O) groups is 2. The Hall–Kier alpha value is -3.02. The van der Waals surface area contributed by atoms with Crippen molar-refractivity contribution in [1.29, 1.82) is 0 Å². The van der Waals surface area contributed by atoms with Crippen LogP contribution < -0.4 is 4.90 Å². The Morgan fingerprint density at radius 3 is 2.67 bits per heavy atom. The lowest BCUT2D eigenvalue weighted by molar-refractivity contribution is -0.120. The minimum atomic E-state index is -0.182. The van der Waals surface area contributed by atoms with Gasteiger partial charge in [0.1, 0.15) is 12.2 Å². The van der Waals surface area contributed by atoms with Crippen LogP contribution in [0, 0.1) is 6.92 Å². The van der Waals surface area contributed by atoms with E-state index in [0.29, 0.717) is 24.4 Å². The first-order chi connectivity index (χ1) is 11.6. The number of furan rings is 1. The fourth-order valence-electron chi connectivity index (χ4n) is 2.98. The number of rotatable bonds is 2. The zero-order chi connectivity index (χ0) is 16.7. The van der Waals surface area contributed by atoms with E-state index in [2.05, 4.69) is 4.98 Å². The quantitative estimate of drug-likeness (QED) is 0.788. The summed E-state index contributed by atoms with van der Waals surface area (Å²) in [5.74, 6) is -0.257. The number of nitrogens with one attached hydrogen (secondary N) is 1. The van der Waals surface area contributed by atoms with Crippen LogP contribution in [0.15, 0.2) is 47.1 Å². The number of aromatic amines is 1. The topological polar surface area (TPSA) is 69.5 Å². The van der Waals surface area contributed by atoms with Crippen LogP contribution in [0.1, 0.15) is 16.1 Å². The zero-order valence-corrected chi connectivity index (χ0v) is 13.3. The molecule has 1 saturated heterocycles. The lowest BCUT2D eigenvalue weighted by Crippen LogP contribution is -2.52. The molecule has 24 heavy (non-hydrogen) atoms. The summed E-state index contributed by atoms with van der Waals surface area (Å²) in [6.45, 7) is 3.07. The van der Waals surface area contributed by atoms with Gasteiger partial charge >= 0.3 is 0 Å². The smallest absolute Gasteiger partial charge is 0.270 e. The van der Waals surface area contributed by atoms with Gasteiger partial charge in [-0.2, -0.15) is 0 Å². The first-order valence-electron chi connectivity index (χ1n) is 7.84. The van der Waals surface area contributed by atoms with Crippen molar-refractivity contribution < 1.29 is 14.0 Å². The SMILES string of the molecule is Cc1ccc(N2CCN(C(=O)c3cc4occc4[nH]3)CC2=O)cc1. The zero-order valence-electron chi connectivity index (χ0n) is 13.3. The Morgan fingerprint density at radius 1 is 1.17 bits per heavy atom. The Kier molecular flexibility index (Phi) is 3.37. The highest BCUT2D eigenvalue weighted by molar-refractivity contribution is 6.02. The van der Waals surface area contributed by atoms with Gasteiger partial charge in [-0.15, -0.1) is 0 Å². The minimum absolute atomic E-state index is 0.0753. The van der Waals surface area contributed by atoms with E-state index in [1.54, 1.807) is 28.2 Å². The van der Waals surface area contributed by atoms with E-state index in [4.69, 9.17) is 4.42 Å². The normalized spacial score (nSPS) is 15.3. The van der Waals surface area contributed by atoms with Gasteiger partial charge in [0, 0.05) is 30.9 Å². The molecule has 2 amide bonds. The predicted octanol–water partition coefficient (Wildman–Crippen LogP) is 2.56. The van der Waals surface area contributed by atoms with Gasteiger partial charge in [0.05, 0.1) is 11.8 Å². The molecule has 1 fully saturated rings. The molecular formula is C18H17N3O3. The van der Waals surface area contributed by atoms with Crippen molar-refractivity contribution in [3.63, 3.8) is 0 Å². The molecule has 4 rings (SSSR count). The van der Waals surface area contributed by atoms with Crippen LogP contribution in [-0.4, -0.2) is 41.3 Å². The lowest BCUT2D eigenvalue weighted by Gasteiger charge is -2.34. The number of fused-ring (bicyclic) bond motifs is 1. The van der Waals surface area contributed by atoms with Crippen molar-refractivity contribution in [2.75, 3.05) is 24.5 Å². The minimum Gasteiger partial charge on any atom is -0.463 e. The molecule has 0 spiro atoms. The van der Waals surface area contributed by atoms with Crippen molar-refractivity contribution in [2.45, 2.75) is 6.92 Å². The van der Waals surface area contributed by atoms with E-state index in [1.807, 2.05) is 31.2 Å². The molecule has 6 heteroatoms. The molecule has 3 aromatic rings. The summed E-state index contributed by atoms with van der Waals surface area (Å²) in [4.78, 5) is 31.4. The molecule has 0 aliphatic carbocycles. The third-order valence-corrected chi connectivity index (χ3v) is 4.32. The second-order valence-corrected chi connectivity index (χ2v) is 5.99. The number of piperazine rings is 1. The highest BCUT2D eigenvalue weighted by Gasteiger charge is 2.29. The Morgan fingerprint density at radius 2 is 1.96 bits per heavy atom. The van der Waals surface area contributed by atoms with Gasteiger partial charge in [0.15, 0.2) is 5.58 Å². The third-order valence-electron chi connectivity index (χ3n) is 4.32. The van der Waals surface area contributed by atoms with E-state index in [9.17, 15) is 9.59 Å². The Balaban J connectivity index is 1.49. The molecule has 1 N–H and O–H groups in total. The molecule has 0 unspecified atom stereocenters. The number of amides is 2. The van der Waals surface area contributed by atoms with Crippen LogP contribution in [0.25, 0.3) is 11.1 Å². The monoisotopic (exact) mass is 323 g/mol. The molecule has 0 atom stereocenters. The number of aromatic nitrogens is 1. The molecule has 1 aliphatic rings. The predicted molar refractivity (Wildman–Crippen MR) is 90.0 cm³/mol. The molecule has 122 valence electrons. The van der Waals surface area contributed by atoms with Gasteiger partial charge in [-0.3, -0.25) is 9.59 Å². The van der Waals surface area contributed by atoms with Gasteiger partial charge in [-0.25, -0.2) is 0 Å². The van der Waals surface area contributed by atoms with Gasteiger partial charge in [0.2, 0.25) is 5.91 Å². The number of hydrogen-bond donors (Lipinski definition) is 1. The van der Waals surface area contributed by atoms with Crippen LogP contribution in [-0.2, 0) is 4.79 Å². The summed E-state index contributed by atoms with van der Waals surface area (Å²) in [6, 6.07) is 11.3. The Bertz CT molecular complexity index is 879. The molecule has 6 nitrogen and oxygen atoms in total. The van der Waals surface area contributed by atoms with Gasteiger partial charge in [-0.05, 0) is 19.1 Å². The largest absolute Gasteiger partial charge is 0.463 e. The first kappa shape index (κ1) is 14.6. The van der Waals surface area contributed by atoms with E-state index >= 15 is 0 Å². The maximum absolute atomic E-state index is 12.6. The molecular weight excluding hydrogens is 306 g/mol. The van der Waals surface area contributed by atoms with Gasteiger partial charge in [-0.1, -0.05) is 17.7 Å². The van der Waals surface area contributed by atoms with Crippen LogP contribution in [0.5, 0.6) is 0 Å². The molecule has 0 bridgehead atoms. The number of carbonyl (C=O) groups excluding carboxylic acids is 2. The number of H-pyrrole nitrogens is 1. The maximum Gasteiger partial charge on any atom is 0.270 e. The molecule has 0 radical (unpaired) electrons. The van der Waals surface area contributed by atoms with Crippen LogP contribution in [0.2, 0.25) is 0 Å². The molecule has 1 aromatic carbocycles. The third kappa shape index (κ3) is 2.46. The number of benzene rings is 1. The van der Waals surface area contributed by atoms with E-state index in [-0.39, 0.29) is 18.4 Å². The second-order valence-electron chi connectivity index (χ2n) is 5.99. The number of anilines is 1. The van der Waals surface area contributed by atoms with Gasteiger partial charge < -0.3 is 19.2 Å². The summed E-state index contributed by atoms with van der Waals surface area (Å²) in [7, 11) is 0. The van der Waals surface area contributed by atoms with Crippen LogP contribution in [0.3, 0.4) is 0 Å². The highest BCUT2D eigenvalue weighted by Crippen LogP contribution is 2.21. The van der Waals surface area contributed by atoms with Crippen molar-refractivity contribution in [3.05, 3.63) is 53.9 Å². The standard InChI is InChI=1S/C18H17N3O3/c1-12-2-4-13(5-3-12)21-8-7-20(11-17(21)22)18(23)15-10-16-14(19-15)6-9-24-16/h2-6,9-10,19H,7-8,11H2,1H3. The fourth-order valence-corrected chi connectivity index (χ4v) is 2.98. The van der Waals surface area contributed by atoms with Crippen molar-refractivity contribution in [3.8, 4) is 0 Å². The molecule has 2 aromatic heterocycles. The maximum atomic E-state index is 12.6. The average molecular weight is 323 g/mol. The lowest BCUT2D eigenvalue weighted by atomic mass is 10.2. The van der Waals surface area contributed by atoms with Crippen molar-refractivity contribution >= 4 is 28.6 Å². The first-order valence-corrected chi connectivity index (χ1v) is 7.84. The summed E-state index contributed by atoms with van der Waals surface area (Å²) in [5, 5.41) is 0. The number of nitrogens with zero attached hydrogens (tertiary/aromatic N) is 2. The van der Waals surface area contributed by atoms with Crippen LogP contribution >= 0.6 is 0 Å². The average Bonchev–Trinajstić information content (AvgIpc) is 3.17. The van der Waals surface area contributed by atoms with Gasteiger partial charge in [0.25, 0.3) is 5.91 Å². The summed E-state index contributed by atoms with van der Waals surface area (Å²) in [6.07, 6.45) is 1.57. The summed E-state index contributed by atoms with van der Waals surface area (Å²) in [5.41, 5.74) is 3.89. The van der Waals surface area contributed by atoms with Crippen molar-refractivity contribution in [1.82, 2.24) is 9.88 Å². The fraction of sp³-hybridized carbons (Fsp3) is 0.222. The molecule has 3 heterocycles. The highest BCUT2D eigenvalue weighted by atomic mass is 16.3. The van der Waals surface area contributed by atoms with Crippen LogP contribution in [0.4, 0.5) is 5.69 Å². The van der Waals surface area contributed by atoms with E-state index < -0.39 is 0 Å². The van der Waals surface area contributed by atoms with E-state index in [0.717, 1.165) is 16.8 Å². The van der Waals surface area contributed by atoms with Crippen molar-refractivity contribution in [2.24, 2.45) is 0 Å². The Labute approximate surface area is 138 Å². The number of aryl methyl sites for hydroxylation is 1. The molecule has 1 aliphatic heterocycles.